The van der Waals surface area contributed by atoms with E-state index in [2.05, 4.69) is 11.8 Å². The first-order valence-electron chi connectivity index (χ1n) is 6.26. The molecule has 1 aromatic rings. The van der Waals surface area contributed by atoms with Gasteiger partial charge in [-0.2, -0.15) is 0 Å². The van der Waals surface area contributed by atoms with Crippen LogP contribution in [-0.2, 0) is 6.54 Å². The lowest BCUT2D eigenvalue weighted by Gasteiger charge is -2.30. The van der Waals surface area contributed by atoms with Gasteiger partial charge in [-0.15, -0.1) is 0 Å². The van der Waals surface area contributed by atoms with Gasteiger partial charge in [0.15, 0.2) is 0 Å². The Bertz CT molecular complexity index is 386. The standard InChI is InChI=1S/C14H20N2O/c1-11-3-2-8-16(9-11)10-12-4-6-13(7-5-12)14(15)17/h4-7,11H,2-3,8-10H2,1H3,(H2,15,17)/t11-/m1/s1. The molecule has 1 heterocycles. The van der Waals surface area contributed by atoms with Crippen LogP contribution in [0.3, 0.4) is 0 Å². The normalized spacial score (nSPS) is 21.4. The molecule has 1 fully saturated rings. The van der Waals surface area contributed by atoms with E-state index in [1.165, 1.54) is 31.5 Å². The van der Waals surface area contributed by atoms with Crippen molar-refractivity contribution in [1.29, 1.82) is 0 Å². The highest BCUT2D eigenvalue weighted by molar-refractivity contribution is 5.92. The van der Waals surface area contributed by atoms with Crippen LogP contribution in [0.25, 0.3) is 0 Å². The Morgan fingerprint density at radius 1 is 1.41 bits per heavy atom. The number of benzene rings is 1. The van der Waals surface area contributed by atoms with Crippen molar-refractivity contribution in [2.45, 2.75) is 26.3 Å². The Balaban J connectivity index is 1.96. The minimum atomic E-state index is -0.358. The smallest absolute Gasteiger partial charge is 0.248 e. The zero-order valence-corrected chi connectivity index (χ0v) is 10.4. The van der Waals surface area contributed by atoms with Crippen LogP contribution in [0.2, 0.25) is 0 Å². The molecule has 1 aliphatic heterocycles. The summed E-state index contributed by atoms with van der Waals surface area (Å²) >= 11 is 0. The van der Waals surface area contributed by atoms with Crippen LogP contribution in [-0.4, -0.2) is 23.9 Å². The lowest BCUT2D eigenvalue weighted by molar-refractivity contribution is 0.100. The summed E-state index contributed by atoms with van der Waals surface area (Å²) in [5, 5.41) is 0. The predicted octanol–water partition coefficient (Wildman–Crippen LogP) is 2.02. The molecule has 1 amide bonds. The first-order valence-corrected chi connectivity index (χ1v) is 6.26. The number of hydrogen-bond acceptors (Lipinski definition) is 2. The lowest BCUT2D eigenvalue weighted by Crippen LogP contribution is -2.33. The van der Waals surface area contributed by atoms with Gasteiger partial charge in [0.25, 0.3) is 0 Å². The molecule has 1 aliphatic rings. The molecule has 92 valence electrons. The highest BCUT2D eigenvalue weighted by Crippen LogP contribution is 2.17. The van der Waals surface area contributed by atoms with Crippen LogP contribution < -0.4 is 5.73 Å². The van der Waals surface area contributed by atoms with E-state index in [9.17, 15) is 4.79 Å². The van der Waals surface area contributed by atoms with Crippen LogP contribution in [0, 0.1) is 5.92 Å². The Morgan fingerprint density at radius 2 is 2.12 bits per heavy atom. The second-order valence-electron chi connectivity index (χ2n) is 5.04. The number of hydrogen-bond donors (Lipinski definition) is 1. The molecular formula is C14H20N2O. The van der Waals surface area contributed by atoms with Crippen LogP contribution in [0.15, 0.2) is 24.3 Å². The van der Waals surface area contributed by atoms with Gasteiger partial charge in [0.05, 0.1) is 0 Å². The van der Waals surface area contributed by atoms with E-state index in [0.717, 1.165) is 12.5 Å². The van der Waals surface area contributed by atoms with Crippen LogP contribution in [0.4, 0.5) is 0 Å². The fraction of sp³-hybridized carbons (Fsp3) is 0.500. The summed E-state index contributed by atoms with van der Waals surface area (Å²) in [4.78, 5) is 13.4. The van der Waals surface area contributed by atoms with E-state index < -0.39 is 0 Å². The van der Waals surface area contributed by atoms with Gasteiger partial charge in [-0.05, 0) is 43.0 Å². The number of likely N-dealkylation sites (tertiary alicyclic amines) is 1. The molecule has 17 heavy (non-hydrogen) atoms. The molecule has 0 unspecified atom stereocenters. The molecule has 0 radical (unpaired) electrons. The molecule has 0 saturated carbocycles. The second-order valence-corrected chi connectivity index (χ2v) is 5.04. The number of primary amides is 1. The van der Waals surface area contributed by atoms with E-state index in [-0.39, 0.29) is 5.91 Å². The van der Waals surface area contributed by atoms with E-state index in [0.29, 0.717) is 5.56 Å². The van der Waals surface area contributed by atoms with Gasteiger partial charge >= 0.3 is 0 Å². The highest BCUT2D eigenvalue weighted by Gasteiger charge is 2.16. The van der Waals surface area contributed by atoms with Gasteiger partial charge in [0.1, 0.15) is 0 Å². The summed E-state index contributed by atoms with van der Waals surface area (Å²) in [6, 6.07) is 7.62. The largest absolute Gasteiger partial charge is 0.366 e. The van der Waals surface area contributed by atoms with Crippen LogP contribution in [0.1, 0.15) is 35.7 Å². The van der Waals surface area contributed by atoms with E-state index in [1.54, 1.807) is 0 Å². The molecule has 1 aromatic carbocycles. The van der Waals surface area contributed by atoms with Gasteiger partial charge < -0.3 is 5.73 Å². The summed E-state index contributed by atoms with van der Waals surface area (Å²) < 4.78 is 0. The Hall–Kier alpha value is -1.35. The van der Waals surface area contributed by atoms with Crippen molar-refractivity contribution < 1.29 is 4.79 Å². The second kappa shape index (κ2) is 5.32. The third-order valence-electron chi connectivity index (χ3n) is 3.39. The maximum atomic E-state index is 11.0. The highest BCUT2D eigenvalue weighted by atomic mass is 16.1. The molecule has 0 spiro atoms. The van der Waals surface area contributed by atoms with E-state index in [1.807, 2.05) is 24.3 Å². The molecular weight excluding hydrogens is 212 g/mol. The predicted molar refractivity (Wildman–Crippen MR) is 68.6 cm³/mol. The van der Waals surface area contributed by atoms with Gasteiger partial charge in [0, 0.05) is 18.7 Å². The SMILES string of the molecule is C[C@@H]1CCCN(Cc2ccc(C(N)=O)cc2)C1. The van der Waals surface area contributed by atoms with Crippen LogP contribution >= 0.6 is 0 Å². The number of rotatable bonds is 3. The number of piperidine rings is 1. The molecule has 1 atom stereocenters. The summed E-state index contributed by atoms with van der Waals surface area (Å²) in [6.07, 6.45) is 2.64. The van der Waals surface area contributed by atoms with E-state index in [4.69, 9.17) is 5.73 Å². The maximum Gasteiger partial charge on any atom is 0.248 e. The molecule has 2 N–H and O–H groups in total. The fourth-order valence-electron chi connectivity index (χ4n) is 2.46. The summed E-state index contributed by atoms with van der Waals surface area (Å²) in [5.41, 5.74) is 7.05. The van der Waals surface area contributed by atoms with Crippen molar-refractivity contribution in [3.63, 3.8) is 0 Å². The molecule has 0 aliphatic carbocycles. The third-order valence-corrected chi connectivity index (χ3v) is 3.39. The summed E-state index contributed by atoms with van der Waals surface area (Å²) in [7, 11) is 0. The first kappa shape index (κ1) is 12.1. The van der Waals surface area contributed by atoms with Crippen molar-refractivity contribution in [3.8, 4) is 0 Å². The Labute approximate surface area is 103 Å². The zero-order chi connectivity index (χ0) is 12.3. The summed E-state index contributed by atoms with van der Waals surface area (Å²) in [6.45, 7) is 5.64. The maximum absolute atomic E-state index is 11.0. The van der Waals surface area contributed by atoms with Gasteiger partial charge in [-0.1, -0.05) is 19.1 Å². The Kier molecular flexibility index (Phi) is 3.79. The fourth-order valence-corrected chi connectivity index (χ4v) is 2.46. The molecule has 3 nitrogen and oxygen atoms in total. The van der Waals surface area contributed by atoms with Gasteiger partial charge in [0.2, 0.25) is 5.91 Å². The quantitative estimate of drug-likeness (QED) is 0.866. The van der Waals surface area contributed by atoms with Crippen LogP contribution in [0.5, 0.6) is 0 Å². The monoisotopic (exact) mass is 232 g/mol. The molecule has 1 saturated heterocycles. The van der Waals surface area contributed by atoms with Crippen molar-refractivity contribution in [1.82, 2.24) is 4.90 Å². The van der Waals surface area contributed by atoms with E-state index >= 15 is 0 Å². The average Bonchev–Trinajstić information content (AvgIpc) is 2.29. The average molecular weight is 232 g/mol. The molecule has 3 heteroatoms. The molecule has 0 aromatic heterocycles. The third kappa shape index (κ3) is 3.30. The Morgan fingerprint density at radius 3 is 2.71 bits per heavy atom. The minimum absolute atomic E-state index is 0.358. The van der Waals surface area contributed by atoms with Crippen molar-refractivity contribution in [2.75, 3.05) is 13.1 Å². The number of amides is 1. The number of nitrogens with zero attached hydrogens (tertiary/aromatic N) is 1. The van der Waals surface area contributed by atoms with Crippen molar-refractivity contribution >= 4 is 5.91 Å². The topological polar surface area (TPSA) is 46.3 Å². The molecule has 2 rings (SSSR count). The first-order chi connectivity index (χ1) is 8.15. The lowest BCUT2D eigenvalue weighted by atomic mass is 9.99. The minimum Gasteiger partial charge on any atom is -0.366 e. The summed E-state index contributed by atoms with van der Waals surface area (Å²) in [5.74, 6) is 0.441. The number of nitrogens with two attached hydrogens (primary N) is 1. The number of carbonyl (C=O) groups is 1. The van der Waals surface area contributed by atoms with Crippen molar-refractivity contribution in [2.24, 2.45) is 11.7 Å². The number of carbonyl (C=O) groups excluding carboxylic acids is 1. The van der Waals surface area contributed by atoms with Gasteiger partial charge in [-0.3, -0.25) is 9.69 Å². The van der Waals surface area contributed by atoms with Crippen molar-refractivity contribution in [3.05, 3.63) is 35.4 Å². The molecule has 0 bridgehead atoms. The van der Waals surface area contributed by atoms with Gasteiger partial charge in [-0.25, -0.2) is 0 Å². The zero-order valence-electron chi connectivity index (χ0n) is 10.4.